The van der Waals surface area contributed by atoms with Crippen LogP contribution in [-0.4, -0.2) is 19.1 Å². The molecular formula is C20H23NO2. The number of methoxy groups -OCH3 is 1. The average molecular weight is 309 g/mol. The van der Waals surface area contributed by atoms with Gasteiger partial charge in [0.2, 0.25) is 5.91 Å². The third kappa shape index (κ3) is 3.24. The molecule has 120 valence electrons. The number of ether oxygens (including phenoxy) is 1. The van der Waals surface area contributed by atoms with Gasteiger partial charge in [-0.1, -0.05) is 49.4 Å². The zero-order chi connectivity index (χ0) is 16.2. The van der Waals surface area contributed by atoms with Crippen molar-refractivity contribution in [2.24, 2.45) is 0 Å². The van der Waals surface area contributed by atoms with E-state index in [1.165, 1.54) is 16.7 Å². The fraction of sp³-hybridized carbons (Fsp3) is 0.350. The number of hydrogen-bond acceptors (Lipinski definition) is 2. The van der Waals surface area contributed by atoms with Crippen molar-refractivity contribution in [3.63, 3.8) is 0 Å². The van der Waals surface area contributed by atoms with Gasteiger partial charge in [0.25, 0.3) is 0 Å². The van der Waals surface area contributed by atoms with Gasteiger partial charge >= 0.3 is 0 Å². The van der Waals surface area contributed by atoms with E-state index in [0.29, 0.717) is 6.42 Å². The number of carbonyl (C=O) groups excluding carboxylic acids is 1. The fourth-order valence-electron chi connectivity index (χ4n) is 3.50. The normalized spacial score (nSPS) is 19.7. The SMILES string of the molecule is CCC(=O)N[C@@H]1Cc2c(OC)cccc2[C@H](c2ccccc2)C1. The molecule has 0 aromatic heterocycles. The van der Waals surface area contributed by atoms with Crippen molar-refractivity contribution in [1.29, 1.82) is 0 Å². The van der Waals surface area contributed by atoms with Crippen LogP contribution in [-0.2, 0) is 11.2 Å². The Bertz CT molecular complexity index is 681. The van der Waals surface area contributed by atoms with Gasteiger partial charge in [0.15, 0.2) is 0 Å². The van der Waals surface area contributed by atoms with Crippen LogP contribution in [0.2, 0.25) is 0 Å². The van der Waals surface area contributed by atoms with Gasteiger partial charge < -0.3 is 10.1 Å². The molecule has 0 aliphatic heterocycles. The molecule has 0 saturated carbocycles. The summed E-state index contributed by atoms with van der Waals surface area (Å²) < 4.78 is 5.56. The Kier molecular flexibility index (Phi) is 4.65. The molecule has 23 heavy (non-hydrogen) atoms. The van der Waals surface area contributed by atoms with Crippen molar-refractivity contribution in [3.05, 3.63) is 65.2 Å². The minimum Gasteiger partial charge on any atom is -0.496 e. The molecule has 0 spiro atoms. The lowest BCUT2D eigenvalue weighted by Gasteiger charge is -2.33. The first-order valence-electron chi connectivity index (χ1n) is 8.23. The highest BCUT2D eigenvalue weighted by Gasteiger charge is 2.30. The van der Waals surface area contributed by atoms with Crippen LogP contribution in [0.5, 0.6) is 5.75 Å². The molecule has 2 aromatic rings. The van der Waals surface area contributed by atoms with Crippen molar-refractivity contribution in [3.8, 4) is 5.75 Å². The van der Waals surface area contributed by atoms with Crippen LogP contribution >= 0.6 is 0 Å². The van der Waals surface area contributed by atoms with E-state index in [1.807, 2.05) is 19.1 Å². The Morgan fingerprint density at radius 2 is 1.96 bits per heavy atom. The molecule has 0 unspecified atom stereocenters. The highest BCUT2D eigenvalue weighted by molar-refractivity contribution is 5.76. The predicted octanol–water partition coefficient (Wildman–Crippen LogP) is 3.67. The number of fused-ring (bicyclic) bond motifs is 1. The van der Waals surface area contributed by atoms with Crippen LogP contribution < -0.4 is 10.1 Å². The Balaban J connectivity index is 2.00. The summed E-state index contributed by atoms with van der Waals surface area (Å²) in [5, 5.41) is 3.17. The molecule has 1 amide bonds. The van der Waals surface area contributed by atoms with Crippen LogP contribution in [0.25, 0.3) is 0 Å². The number of nitrogens with one attached hydrogen (secondary N) is 1. The smallest absolute Gasteiger partial charge is 0.219 e. The number of hydrogen-bond donors (Lipinski definition) is 1. The molecule has 3 heteroatoms. The van der Waals surface area contributed by atoms with Gasteiger partial charge in [-0.25, -0.2) is 0 Å². The van der Waals surface area contributed by atoms with Gasteiger partial charge in [-0.3, -0.25) is 4.79 Å². The molecule has 2 atom stereocenters. The van der Waals surface area contributed by atoms with Gasteiger partial charge in [0, 0.05) is 18.4 Å². The number of rotatable bonds is 4. The highest BCUT2D eigenvalue weighted by atomic mass is 16.5. The predicted molar refractivity (Wildman–Crippen MR) is 91.8 cm³/mol. The van der Waals surface area contributed by atoms with Gasteiger partial charge in [0.1, 0.15) is 5.75 Å². The molecular weight excluding hydrogens is 286 g/mol. The second-order valence-corrected chi connectivity index (χ2v) is 6.05. The van der Waals surface area contributed by atoms with Crippen LogP contribution in [0, 0.1) is 0 Å². The van der Waals surface area contributed by atoms with Gasteiger partial charge in [-0.2, -0.15) is 0 Å². The van der Waals surface area contributed by atoms with Crippen molar-refractivity contribution in [2.45, 2.75) is 38.1 Å². The maximum atomic E-state index is 11.8. The Morgan fingerprint density at radius 1 is 1.17 bits per heavy atom. The van der Waals surface area contributed by atoms with E-state index >= 15 is 0 Å². The second kappa shape index (κ2) is 6.86. The van der Waals surface area contributed by atoms with Crippen molar-refractivity contribution in [2.75, 3.05) is 7.11 Å². The largest absolute Gasteiger partial charge is 0.496 e. The monoisotopic (exact) mass is 309 g/mol. The van der Waals surface area contributed by atoms with E-state index in [-0.39, 0.29) is 17.9 Å². The molecule has 0 fully saturated rings. The summed E-state index contributed by atoms with van der Waals surface area (Å²) in [5.74, 6) is 1.32. The van der Waals surface area contributed by atoms with E-state index in [1.54, 1.807) is 7.11 Å². The summed E-state index contributed by atoms with van der Waals surface area (Å²) in [4.78, 5) is 11.8. The maximum Gasteiger partial charge on any atom is 0.219 e. The van der Waals surface area contributed by atoms with Crippen LogP contribution in [0.4, 0.5) is 0 Å². The van der Waals surface area contributed by atoms with Crippen LogP contribution in [0.15, 0.2) is 48.5 Å². The first-order chi connectivity index (χ1) is 11.2. The molecule has 2 aromatic carbocycles. The topological polar surface area (TPSA) is 38.3 Å². The number of carbonyl (C=O) groups is 1. The summed E-state index contributed by atoms with van der Waals surface area (Å²) in [7, 11) is 1.71. The summed E-state index contributed by atoms with van der Waals surface area (Å²) in [5.41, 5.74) is 3.83. The lowest BCUT2D eigenvalue weighted by atomic mass is 9.76. The Labute approximate surface area is 137 Å². The highest BCUT2D eigenvalue weighted by Crippen LogP contribution is 2.40. The van der Waals surface area contributed by atoms with Crippen LogP contribution in [0.1, 0.15) is 42.4 Å². The van der Waals surface area contributed by atoms with Crippen molar-refractivity contribution in [1.82, 2.24) is 5.32 Å². The van der Waals surface area contributed by atoms with E-state index < -0.39 is 0 Å². The fourth-order valence-corrected chi connectivity index (χ4v) is 3.50. The molecule has 0 radical (unpaired) electrons. The minimum absolute atomic E-state index is 0.111. The molecule has 1 N–H and O–H groups in total. The van der Waals surface area contributed by atoms with E-state index in [4.69, 9.17) is 4.74 Å². The third-order valence-electron chi connectivity index (χ3n) is 4.62. The van der Waals surface area contributed by atoms with E-state index in [0.717, 1.165) is 18.6 Å². The second-order valence-electron chi connectivity index (χ2n) is 6.05. The maximum absolute atomic E-state index is 11.8. The summed E-state index contributed by atoms with van der Waals surface area (Å²) in [6.07, 6.45) is 2.27. The molecule has 0 heterocycles. The van der Waals surface area contributed by atoms with Gasteiger partial charge in [-0.15, -0.1) is 0 Å². The Morgan fingerprint density at radius 3 is 2.65 bits per heavy atom. The summed E-state index contributed by atoms with van der Waals surface area (Å²) in [6.45, 7) is 1.89. The first-order valence-corrected chi connectivity index (χ1v) is 8.23. The molecule has 3 rings (SSSR count). The number of amides is 1. The quantitative estimate of drug-likeness (QED) is 0.936. The first kappa shape index (κ1) is 15.6. The third-order valence-corrected chi connectivity index (χ3v) is 4.62. The number of benzene rings is 2. The standard InChI is InChI=1S/C20H23NO2/c1-3-20(22)21-15-12-17(14-8-5-4-6-9-14)16-10-7-11-19(23-2)18(16)13-15/h4-11,15,17H,3,12-13H2,1-2H3,(H,21,22)/t15-,17-/m0/s1. The van der Waals surface area contributed by atoms with Gasteiger partial charge in [0.05, 0.1) is 7.11 Å². The average Bonchev–Trinajstić information content (AvgIpc) is 2.61. The summed E-state index contributed by atoms with van der Waals surface area (Å²) in [6, 6.07) is 16.9. The molecule has 3 nitrogen and oxygen atoms in total. The van der Waals surface area contributed by atoms with Crippen LogP contribution in [0.3, 0.4) is 0 Å². The minimum atomic E-state index is 0.111. The summed E-state index contributed by atoms with van der Waals surface area (Å²) >= 11 is 0. The molecule has 1 aliphatic carbocycles. The Hall–Kier alpha value is -2.29. The lowest BCUT2D eigenvalue weighted by molar-refractivity contribution is -0.121. The molecule has 1 aliphatic rings. The molecule has 0 bridgehead atoms. The zero-order valence-electron chi connectivity index (χ0n) is 13.7. The van der Waals surface area contributed by atoms with Crippen molar-refractivity contribution >= 4 is 5.91 Å². The van der Waals surface area contributed by atoms with E-state index in [2.05, 4.69) is 41.7 Å². The van der Waals surface area contributed by atoms with E-state index in [9.17, 15) is 4.79 Å². The van der Waals surface area contributed by atoms with Gasteiger partial charge in [-0.05, 0) is 35.6 Å². The van der Waals surface area contributed by atoms with Crippen molar-refractivity contribution < 1.29 is 9.53 Å². The zero-order valence-corrected chi connectivity index (χ0v) is 13.7. The molecule has 0 saturated heterocycles. The lowest BCUT2D eigenvalue weighted by Crippen LogP contribution is -2.40.